The van der Waals surface area contributed by atoms with E-state index in [-0.39, 0.29) is 6.04 Å². The number of nitrogens with zero attached hydrogens (tertiary/aromatic N) is 2. The Morgan fingerprint density at radius 2 is 1.62 bits per heavy atom. The van der Waals surface area contributed by atoms with Crippen LogP contribution >= 0.6 is 12.2 Å². The molecular weight excluding hydrogens is 290 g/mol. The summed E-state index contributed by atoms with van der Waals surface area (Å²) in [6.45, 7) is 4.09. The molecule has 2 aromatic rings. The SMILES string of the molecule is COc1cc(OC)c(-c2n[nH]c(=S)n2C(C)C)cc1OC. The number of methoxy groups -OCH3 is 3. The van der Waals surface area contributed by atoms with Gasteiger partial charge in [-0.05, 0) is 32.1 Å². The molecule has 0 spiro atoms. The van der Waals surface area contributed by atoms with Crippen molar-refractivity contribution in [3.05, 3.63) is 16.9 Å². The zero-order valence-electron chi connectivity index (χ0n) is 12.8. The third kappa shape index (κ3) is 2.73. The van der Waals surface area contributed by atoms with Crippen molar-refractivity contribution in [2.75, 3.05) is 21.3 Å². The first kappa shape index (κ1) is 15.4. The number of ether oxygens (including phenoxy) is 3. The lowest BCUT2D eigenvalue weighted by Crippen LogP contribution is -2.04. The maximum atomic E-state index is 5.45. The molecule has 6 nitrogen and oxygen atoms in total. The maximum absolute atomic E-state index is 5.45. The molecule has 2 rings (SSSR count). The zero-order valence-corrected chi connectivity index (χ0v) is 13.6. The number of hydrogen-bond donors (Lipinski definition) is 1. The topological polar surface area (TPSA) is 61.3 Å². The summed E-state index contributed by atoms with van der Waals surface area (Å²) < 4.78 is 18.6. The molecule has 1 aromatic heterocycles. The highest BCUT2D eigenvalue weighted by atomic mass is 32.1. The Bertz CT molecular complexity index is 691. The lowest BCUT2D eigenvalue weighted by Gasteiger charge is -2.15. The lowest BCUT2D eigenvalue weighted by atomic mass is 10.1. The largest absolute Gasteiger partial charge is 0.496 e. The molecule has 1 heterocycles. The molecule has 0 amide bonds. The van der Waals surface area contributed by atoms with Gasteiger partial charge in [-0.2, -0.15) is 5.10 Å². The van der Waals surface area contributed by atoms with Crippen LogP contribution in [0.1, 0.15) is 19.9 Å². The van der Waals surface area contributed by atoms with Gasteiger partial charge in [0.25, 0.3) is 0 Å². The molecule has 0 unspecified atom stereocenters. The Labute approximate surface area is 128 Å². The van der Waals surface area contributed by atoms with Crippen molar-refractivity contribution in [2.45, 2.75) is 19.9 Å². The van der Waals surface area contributed by atoms with Crippen LogP contribution in [0.3, 0.4) is 0 Å². The summed E-state index contributed by atoms with van der Waals surface area (Å²) in [7, 11) is 4.78. The number of hydrogen-bond acceptors (Lipinski definition) is 5. The highest BCUT2D eigenvalue weighted by molar-refractivity contribution is 7.71. The summed E-state index contributed by atoms with van der Waals surface area (Å²) in [4.78, 5) is 0. The molecule has 0 aliphatic rings. The van der Waals surface area contributed by atoms with Gasteiger partial charge >= 0.3 is 0 Å². The third-order valence-corrected chi connectivity index (χ3v) is 3.46. The zero-order chi connectivity index (χ0) is 15.6. The number of aromatic amines is 1. The number of benzene rings is 1. The number of H-pyrrole nitrogens is 1. The second-order valence-corrected chi connectivity index (χ2v) is 5.11. The molecule has 0 radical (unpaired) electrons. The van der Waals surface area contributed by atoms with E-state index in [0.717, 1.165) is 5.56 Å². The van der Waals surface area contributed by atoms with Crippen LogP contribution in [-0.4, -0.2) is 36.1 Å². The predicted octanol–water partition coefficient (Wildman–Crippen LogP) is 3.21. The van der Waals surface area contributed by atoms with Gasteiger partial charge in [-0.25, -0.2) is 0 Å². The van der Waals surface area contributed by atoms with Gasteiger partial charge in [-0.3, -0.25) is 9.67 Å². The second kappa shape index (κ2) is 6.17. The van der Waals surface area contributed by atoms with E-state index in [1.54, 1.807) is 27.4 Å². The minimum absolute atomic E-state index is 0.170. The normalized spacial score (nSPS) is 10.8. The van der Waals surface area contributed by atoms with Crippen molar-refractivity contribution in [2.24, 2.45) is 0 Å². The van der Waals surface area contributed by atoms with Crippen molar-refractivity contribution in [1.29, 1.82) is 0 Å². The van der Waals surface area contributed by atoms with E-state index < -0.39 is 0 Å². The van der Waals surface area contributed by atoms with E-state index in [4.69, 9.17) is 26.4 Å². The predicted molar refractivity (Wildman–Crippen MR) is 82.9 cm³/mol. The first-order valence-corrected chi connectivity index (χ1v) is 6.91. The van der Waals surface area contributed by atoms with Crippen LogP contribution in [0.15, 0.2) is 12.1 Å². The highest BCUT2D eigenvalue weighted by Gasteiger charge is 2.19. The van der Waals surface area contributed by atoms with Crippen LogP contribution in [0, 0.1) is 4.77 Å². The smallest absolute Gasteiger partial charge is 0.195 e. The van der Waals surface area contributed by atoms with E-state index in [1.165, 1.54) is 0 Å². The van der Waals surface area contributed by atoms with Gasteiger partial charge in [0.1, 0.15) is 5.75 Å². The van der Waals surface area contributed by atoms with Crippen LogP contribution < -0.4 is 14.2 Å². The van der Waals surface area contributed by atoms with E-state index in [2.05, 4.69) is 10.2 Å². The molecule has 0 fully saturated rings. The fraction of sp³-hybridized carbons (Fsp3) is 0.429. The Kier molecular flexibility index (Phi) is 4.52. The minimum Gasteiger partial charge on any atom is -0.496 e. The monoisotopic (exact) mass is 309 g/mol. The van der Waals surface area contributed by atoms with Crippen molar-refractivity contribution in [3.63, 3.8) is 0 Å². The Morgan fingerprint density at radius 1 is 1.05 bits per heavy atom. The fourth-order valence-electron chi connectivity index (χ4n) is 2.18. The van der Waals surface area contributed by atoms with Crippen LogP contribution in [0.2, 0.25) is 0 Å². The standard InChI is InChI=1S/C14H19N3O3S/c1-8(2)17-13(15-16-14(17)21)9-6-11(19-4)12(20-5)7-10(9)18-3/h6-8H,1-5H3,(H,16,21). The molecule has 1 N–H and O–H groups in total. The van der Waals surface area contributed by atoms with Gasteiger partial charge in [-0.1, -0.05) is 0 Å². The number of aromatic nitrogens is 3. The number of nitrogens with one attached hydrogen (secondary N) is 1. The molecule has 0 bridgehead atoms. The molecule has 114 valence electrons. The summed E-state index contributed by atoms with van der Waals surface area (Å²) in [6, 6.07) is 3.78. The van der Waals surface area contributed by atoms with Crippen molar-refractivity contribution in [3.8, 4) is 28.6 Å². The molecule has 0 aliphatic heterocycles. The van der Waals surface area contributed by atoms with E-state index in [0.29, 0.717) is 27.8 Å². The average molecular weight is 309 g/mol. The summed E-state index contributed by atoms with van der Waals surface area (Å²) in [5.41, 5.74) is 0.788. The first-order valence-electron chi connectivity index (χ1n) is 6.50. The lowest BCUT2D eigenvalue weighted by molar-refractivity contribution is 0.349. The summed E-state index contributed by atoms with van der Waals surface area (Å²) >= 11 is 5.29. The van der Waals surface area contributed by atoms with Gasteiger partial charge in [0, 0.05) is 12.1 Å². The van der Waals surface area contributed by atoms with Crippen molar-refractivity contribution < 1.29 is 14.2 Å². The summed E-state index contributed by atoms with van der Waals surface area (Å²) in [5.74, 6) is 2.55. The van der Waals surface area contributed by atoms with Crippen molar-refractivity contribution >= 4 is 12.2 Å². The third-order valence-electron chi connectivity index (χ3n) is 3.17. The molecule has 0 aliphatic carbocycles. The van der Waals surface area contributed by atoms with Crippen LogP contribution in [0.5, 0.6) is 17.2 Å². The van der Waals surface area contributed by atoms with Crippen molar-refractivity contribution in [1.82, 2.24) is 14.8 Å². The molecular formula is C14H19N3O3S. The highest BCUT2D eigenvalue weighted by Crippen LogP contribution is 2.39. The average Bonchev–Trinajstić information content (AvgIpc) is 2.87. The fourth-order valence-corrected chi connectivity index (χ4v) is 2.52. The Balaban J connectivity index is 2.71. The van der Waals surface area contributed by atoms with E-state index >= 15 is 0 Å². The van der Waals surface area contributed by atoms with Gasteiger partial charge in [0.05, 0.1) is 26.9 Å². The summed E-state index contributed by atoms with van der Waals surface area (Å²) in [5, 5.41) is 7.14. The Morgan fingerprint density at radius 3 is 2.14 bits per heavy atom. The second-order valence-electron chi connectivity index (χ2n) is 4.72. The quantitative estimate of drug-likeness (QED) is 0.859. The Hall–Kier alpha value is -2.02. The van der Waals surface area contributed by atoms with E-state index in [1.807, 2.05) is 24.5 Å². The number of rotatable bonds is 5. The van der Waals surface area contributed by atoms with Crippen LogP contribution in [-0.2, 0) is 0 Å². The molecule has 21 heavy (non-hydrogen) atoms. The van der Waals surface area contributed by atoms with Gasteiger partial charge < -0.3 is 14.2 Å². The molecule has 0 saturated carbocycles. The first-order chi connectivity index (χ1) is 10.0. The van der Waals surface area contributed by atoms with Crippen LogP contribution in [0.25, 0.3) is 11.4 Å². The maximum Gasteiger partial charge on any atom is 0.195 e. The molecule has 0 atom stereocenters. The van der Waals surface area contributed by atoms with Gasteiger partial charge in [-0.15, -0.1) is 0 Å². The van der Waals surface area contributed by atoms with E-state index in [9.17, 15) is 0 Å². The minimum atomic E-state index is 0.170. The van der Waals surface area contributed by atoms with Gasteiger partial charge in [0.2, 0.25) is 0 Å². The molecule has 7 heteroatoms. The van der Waals surface area contributed by atoms with Gasteiger partial charge in [0.15, 0.2) is 22.1 Å². The molecule has 1 aromatic carbocycles. The molecule has 0 saturated heterocycles. The van der Waals surface area contributed by atoms with Crippen LogP contribution in [0.4, 0.5) is 0 Å². The summed E-state index contributed by atoms with van der Waals surface area (Å²) in [6.07, 6.45) is 0.